The summed E-state index contributed by atoms with van der Waals surface area (Å²) in [5, 5.41) is 3.82. The number of aryl methyl sites for hydroxylation is 1. The van der Waals surface area contributed by atoms with Gasteiger partial charge in [0.05, 0.1) is 0 Å². The predicted octanol–water partition coefficient (Wildman–Crippen LogP) is 4.19. The van der Waals surface area contributed by atoms with Crippen LogP contribution in [0.5, 0.6) is 0 Å². The van der Waals surface area contributed by atoms with Gasteiger partial charge in [-0.3, -0.25) is 9.69 Å². The second kappa shape index (κ2) is 9.15. The molecule has 26 heavy (non-hydrogen) atoms. The van der Waals surface area contributed by atoms with Gasteiger partial charge in [-0.25, -0.2) is 4.39 Å². The number of likely N-dealkylation sites (tertiary alicyclic amines) is 1. The Labute approximate surface area is 159 Å². The Balaban J connectivity index is 1.47. The molecule has 138 valence electrons. The SMILES string of the molecule is O=C(CCc1cccc(Cl)c1)N[C@@H]1CCCN(Cc2ccccc2F)C1. The van der Waals surface area contributed by atoms with Gasteiger partial charge >= 0.3 is 0 Å². The molecule has 0 aromatic heterocycles. The number of piperidine rings is 1. The van der Waals surface area contributed by atoms with E-state index < -0.39 is 0 Å². The topological polar surface area (TPSA) is 32.3 Å². The molecule has 0 spiro atoms. The quantitative estimate of drug-likeness (QED) is 0.822. The van der Waals surface area contributed by atoms with E-state index in [0.29, 0.717) is 30.0 Å². The predicted molar refractivity (Wildman–Crippen MR) is 103 cm³/mol. The number of rotatable bonds is 6. The summed E-state index contributed by atoms with van der Waals surface area (Å²) in [4.78, 5) is 14.5. The highest BCUT2D eigenvalue weighted by Crippen LogP contribution is 2.16. The minimum atomic E-state index is -0.166. The summed E-state index contributed by atoms with van der Waals surface area (Å²) >= 11 is 5.98. The fraction of sp³-hybridized carbons (Fsp3) is 0.381. The highest BCUT2D eigenvalue weighted by Gasteiger charge is 2.22. The molecule has 1 heterocycles. The van der Waals surface area contributed by atoms with E-state index in [-0.39, 0.29) is 17.8 Å². The first-order valence-corrected chi connectivity index (χ1v) is 9.47. The van der Waals surface area contributed by atoms with E-state index in [2.05, 4.69) is 10.2 Å². The normalized spacial score (nSPS) is 17.8. The molecule has 0 saturated carbocycles. The lowest BCUT2D eigenvalue weighted by atomic mass is 10.0. The molecule has 2 aromatic rings. The number of benzene rings is 2. The number of nitrogens with one attached hydrogen (secondary N) is 1. The molecule has 3 rings (SSSR count). The highest BCUT2D eigenvalue weighted by atomic mass is 35.5. The Morgan fingerprint density at radius 2 is 2.08 bits per heavy atom. The number of carbonyl (C=O) groups is 1. The molecule has 1 aliphatic rings. The average Bonchev–Trinajstić information content (AvgIpc) is 2.62. The Hall–Kier alpha value is -1.91. The average molecular weight is 375 g/mol. The Morgan fingerprint density at radius 1 is 1.23 bits per heavy atom. The van der Waals surface area contributed by atoms with Gasteiger partial charge in [0.25, 0.3) is 0 Å². The van der Waals surface area contributed by atoms with Gasteiger partial charge < -0.3 is 5.32 Å². The van der Waals surface area contributed by atoms with E-state index in [0.717, 1.165) is 31.5 Å². The van der Waals surface area contributed by atoms with Crippen LogP contribution in [0.3, 0.4) is 0 Å². The van der Waals surface area contributed by atoms with Gasteiger partial charge in [-0.1, -0.05) is 41.9 Å². The highest BCUT2D eigenvalue weighted by molar-refractivity contribution is 6.30. The van der Waals surface area contributed by atoms with Crippen molar-refractivity contribution in [1.82, 2.24) is 10.2 Å². The Kier molecular flexibility index (Phi) is 6.64. The number of hydrogen-bond acceptors (Lipinski definition) is 2. The molecule has 0 bridgehead atoms. The van der Waals surface area contributed by atoms with Gasteiger partial charge in [-0.2, -0.15) is 0 Å². The van der Waals surface area contributed by atoms with E-state index in [1.165, 1.54) is 6.07 Å². The minimum Gasteiger partial charge on any atom is -0.352 e. The van der Waals surface area contributed by atoms with Gasteiger partial charge in [-0.05, 0) is 49.6 Å². The second-order valence-corrected chi connectivity index (χ2v) is 7.30. The van der Waals surface area contributed by atoms with Crippen LogP contribution in [0, 0.1) is 5.82 Å². The molecule has 0 radical (unpaired) electrons. The molecule has 0 unspecified atom stereocenters. The molecular weight excluding hydrogens is 351 g/mol. The van der Waals surface area contributed by atoms with Crippen molar-refractivity contribution in [1.29, 1.82) is 0 Å². The summed E-state index contributed by atoms with van der Waals surface area (Å²) in [6, 6.07) is 14.6. The lowest BCUT2D eigenvalue weighted by Gasteiger charge is -2.33. The van der Waals surface area contributed by atoms with E-state index in [4.69, 9.17) is 11.6 Å². The maximum atomic E-state index is 13.8. The van der Waals surface area contributed by atoms with Crippen LogP contribution in [-0.2, 0) is 17.8 Å². The van der Waals surface area contributed by atoms with Crippen LogP contribution in [0.1, 0.15) is 30.4 Å². The monoisotopic (exact) mass is 374 g/mol. The number of amides is 1. The van der Waals surface area contributed by atoms with Crippen LogP contribution in [0.25, 0.3) is 0 Å². The molecule has 3 nitrogen and oxygen atoms in total. The molecule has 1 saturated heterocycles. The molecule has 1 N–H and O–H groups in total. The van der Waals surface area contributed by atoms with Crippen LogP contribution < -0.4 is 5.32 Å². The van der Waals surface area contributed by atoms with E-state index in [9.17, 15) is 9.18 Å². The third-order valence-electron chi connectivity index (χ3n) is 4.75. The molecule has 1 atom stereocenters. The molecular formula is C21H24ClFN2O. The summed E-state index contributed by atoms with van der Waals surface area (Å²) in [7, 11) is 0. The molecule has 1 fully saturated rings. The molecule has 2 aromatic carbocycles. The Morgan fingerprint density at radius 3 is 2.88 bits per heavy atom. The van der Waals surface area contributed by atoms with E-state index >= 15 is 0 Å². The van der Waals surface area contributed by atoms with Gasteiger partial charge in [0.2, 0.25) is 5.91 Å². The smallest absolute Gasteiger partial charge is 0.220 e. The van der Waals surface area contributed by atoms with Gasteiger partial charge in [-0.15, -0.1) is 0 Å². The number of hydrogen-bond donors (Lipinski definition) is 1. The third kappa shape index (κ3) is 5.55. The summed E-state index contributed by atoms with van der Waals surface area (Å²) in [6.45, 7) is 2.28. The molecule has 5 heteroatoms. The van der Waals surface area contributed by atoms with E-state index in [1.54, 1.807) is 6.07 Å². The van der Waals surface area contributed by atoms with Crippen molar-refractivity contribution >= 4 is 17.5 Å². The van der Waals surface area contributed by atoms with Crippen molar-refractivity contribution < 1.29 is 9.18 Å². The van der Waals surface area contributed by atoms with Crippen molar-refractivity contribution in [3.8, 4) is 0 Å². The first-order valence-electron chi connectivity index (χ1n) is 9.10. The first kappa shape index (κ1) is 18.9. The zero-order chi connectivity index (χ0) is 18.4. The fourth-order valence-electron chi connectivity index (χ4n) is 3.43. The zero-order valence-electron chi connectivity index (χ0n) is 14.8. The molecule has 1 amide bonds. The van der Waals surface area contributed by atoms with Crippen LogP contribution in [-0.4, -0.2) is 29.9 Å². The van der Waals surface area contributed by atoms with Crippen molar-refractivity contribution in [3.63, 3.8) is 0 Å². The van der Waals surface area contributed by atoms with Gasteiger partial charge in [0.15, 0.2) is 0 Å². The second-order valence-electron chi connectivity index (χ2n) is 6.86. The van der Waals surface area contributed by atoms with Crippen molar-refractivity contribution in [2.75, 3.05) is 13.1 Å². The fourth-order valence-corrected chi connectivity index (χ4v) is 3.65. The largest absolute Gasteiger partial charge is 0.352 e. The third-order valence-corrected chi connectivity index (χ3v) is 4.99. The zero-order valence-corrected chi connectivity index (χ0v) is 15.5. The van der Waals surface area contributed by atoms with Crippen molar-refractivity contribution in [2.45, 2.75) is 38.3 Å². The standard InChI is InChI=1S/C21H24ClFN2O/c22-18-7-3-5-16(13-18)10-11-21(26)24-19-8-4-12-25(15-19)14-17-6-1-2-9-20(17)23/h1-3,5-7,9,13,19H,4,8,10-12,14-15H2,(H,24,26)/t19-/m1/s1. The minimum absolute atomic E-state index is 0.0581. The maximum absolute atomic E-state index is 13.8. The number of halogens is 2. The summed E-state index contributed by atoms with van der Waals surface area (Å²) in [5.41, 5.74) is 1.78. The van der Waals surface area contributed by atoms with Crippen LogP contribution in [0.2, 0.25) is 5.02 Å². The number of nitrogens with zero attached hydrogens (tertiary/aromatic N) is 1. The number of carbonyl (C=O) groups excluding carboxylic acids is 1. The van der Waals surface area contributed by atoms with Gasteiger partial charge in [0, 0.05) is 36.1 Å². The van der Waals surface area contributed by atoms with Crippen molar-refractivity contribution in [3.05, 3.63) is 70.5 Å². The van der Waals surface area contributed by atoms with Crippen LogP contribution in [0.4, 0.5) is 4.39 Å². The lowest BCUT2D eigenvalue weighted by Crippen LogP contribution is -2.47. The van der Waals surface area contributed by atoms with Crippen molar-refractivity contribution in [2.24, 2.45) is 0 Å². The first-order chi connectivity index (χ1) is 12.6. The van der Waals surface area contributed by atoms with Crippen LogP contribution in [0.15, 0.2) is 48.5 Å². The molecule has 0 aliphatic carbocycles. The maximum Gasteiger partial charge on any atom is 0.220 e. The summed E-state index contributed by atoms with van der Waals surface area (Å²) in [5.74, 6) is -0.108. The Bertz CT molecular complexity index is 752. The molecule has 1 aliphatic heterocycles. The summed E-state index contributed by atoms with van der Waals surface area (Å²) < 4.78 is 13.8. The van der Waals surface area contributed by atoms with E-state index in [1.807, 2.05) is 36.4 Å². The van der Waals surface area contributed by atoms with Gasteiger partial charge in [0.1, 0.15) is 5.82 Å². The van der Waals surface area contributed by atoms with Crippen LogP contribution >= 0.6 is 11.6 Å². The summed E-state index contributed by atoms with van der Waals surface area (Å²) in [6.07, 6.45) is 3.10. The lowest BCUT2D eigenvalue weighted by molar-refractivity contribution is -0.122.